The third-order valence-electron chi connectivity index (χ3n) is 0. The zero-order valence-corrected chi connectivity index (χ0v) is 2.68. The van der Waals surface area contributed by atoms with Crippen LogP contribution in [0.2, 0.25) is 0 Å². The van der Waals surface area contributed by atoms with Gasteiger partial charge < -0.3 is 10.7 Å². The maximum atomic E-state index is 6.50. The van der Waals surface area contributed by atoms with Crippen LogP contribution in [0.25, 0.3) is 0 Å². The van der Waals surface area contributed by atoms with Crippen molar-refractivity contribution in [3.05, 3.63) is 0 Å². The summed E-state index contributed by atoms with van der Waals surface area (Å²) in [6.45, 7) is 0. The average Bonchev–Trinajstić information content (AvgIpc) is 1.50. The molecular weight excluding hydrogens is 74.0 g/mol. The predicted molar refractivity (Wildman–Crippen MR) is 18.0 cm³/mol. The van der Waals surface area contributed by atoms with Crippen LogP contribution >= 0.6 is 0 Å². The summed E-state index contributed by atoms with van der Waals surface area (Å²) in [5.74, 6) is 11.5. The van der Waals surface area contributed by atoms with Crippen LogP contribution in [0, 0.1) is 0 Å². The summed E-state index contributed by atoms with van der Waals surface area (Å²) >= 11 is 0. The monoisotopic (exact) mass is 83.1 g/mol. The van der Waals surface area contributed by atoms with E-state index in [0.717, 1.165) is 0 Å². The maximum Gasteiger partial charge on any atom is -0.219 e. The van der Waals surface area contributed by atoms with Crippen LogP contribution in [0.15, 0.2) is 0 Å². The molecule has 0 aliphatic carbocycles. The van der Waals surface area contributed by atoms with Crippen molar-refractivity contribution >= 4 is 0 Å². The molecule has 36 valence electrons. The molecule has 0 fully saturated rings. The fourth-order valence-electron chi connectivity index (χ4n) is 0. The first-order valence-electron chi connectivity index (χ1n) is 0.592. The van der Waals surface area contributed by atoms with Gasteiger partial charge in [0.25, 0.3) is 0 Å². The summed E-state index contributed by atoms with van der Waals surface area (Å²) in [6.07, 6.45) is 0. The first-order valence-corrected chi connectivity index (χ1v) is 0.592. The minimum Gasteiger partial charge on any atom is -0.412 e. The zero-order chi connectivity index (χ0) is 4.00. The maximum absolute atomic E-state index is 6.50. The summed E-state index contributed by atoms with van der Waals surface area (Å²) in [7, 11) is 0. The fourth-order valence-corrected chi connectivity index (χ4v) is 0. The summed E-state index contributed by atoms with van der Waals surface area (Å²) in [5, 5.41) is 6.50. The molecule has 0 bridgehead atoms. The highest BCUT2D eigenvalue weighted by atomic mass is 16.4. The molecule has 0 saturated carbocycles. The Labute approximate surface area is 29.6 Å². The minimum atomic E-state index is 0. The molecular formula is H9N3O2. The van der Waals surface area contributed by atoms with Crippen LogP contribution in [0.4, 0.5) is 0 Å². The lowest BCUT2D eigenvalue weighted by Gasteiger charge is -1.27. The summed E-state index contributed by atoms with van der Waals surface area (Å²) in [6, 6.07) is 0. The van der Waals surface area contributed by atoms with Crippen LogP contribution in [0.5, 0.6) is 0 Å². The van der Waals surface area contributed by atoms with Crippen molar-refractivity contribution in [2.24, 2.45) is 17.6 Å². The molecule has 0 unspecified atom stereocenters. The molecule has 0 atom stereocenters. The molecule has 0 radical (unpaired) electrons. The van der Waals surface area contributed by atoms with E-state index in [-0.39, 0.29) is 5.48 Å². The van der Waals surface area contributed by atoms with E-state index in [0.29, 0.717) is 0 Å². The van der Waals surface area contributed by atoms with Gasteiger partial charge in [0, 0.05) is 0 Å². The molecule has 0 aliphatic rings. The van der Waals surface area contributed by atoms with Crippen molar-refractivity contribution in [1.82, 2.24) is 0 Å². The van der Waals surface area contributed by atoms with Crippen LogP contribution in [-0.2, 0) is 0 Å². The normalized spacial score (nSPS) is 2.40. The van der Waals surface area contributed by atoms with Gasteiger partial charge in [0.1, 0.15) is 0 Å². The van der Waals surface area contributed by atoms with Crippen LogP contribution < -0.4 is 17.6 Å². The lowest BCUT2D eigenvalue weighted by molar-refractivity contribution is 0.311. The Bertz CT molecular complexity index is 4.85. The molecule has 0 aromatic heterocycles. The van der Waals surface area contributed by atoms with Crippen molar-refractivity contribution in [2.45, 2.75) is 0 Å². The number of hydrogen-bond donors (Lipinski definition) is 4. The van der Waals surface area contributed by atoms with E-state index in [2.05, 4.69) is 17.6 Å². The Balaban J connectivity index is -0.0000000133. The minimum absolute atomic E-state index is 0. The number of hydrogen-bond acceptors (Lipinski definition) is 4. The summed E-state index contributed by atoms with van der Waals surface area (Å²) < 4.78 is 0. The van der Waals surface area contributed by atoms with E-state index in [4.69, 9.17) is 5.21 Å². The Kier molecular flexibility index (Phi) is 3190. The van der Waals surface area contributed by atoms with E-state index in [1.165, 1.54) is 0 Å². The largest absolute Gasteiger partial charge is 0.412 e. The van der Waals surface area contributed by atoms with Gasteiger partial charge >= 0.3 is 0 Å². The molecule has 0 spiro atoms. The highest BCUT2D eigenvalue weighted by Gasteiger charge is 0.733. The van der Waals surface area contributed by atoms with Crippen molar-refractivity contribution in [3.8, 4) is 0 Å². The number of nitrogens with two attached hydrogens (primary N) is 3. The number of hydrazine groups is 1. The molecule has 0 aromatic carbocycles. The third-order valence-corrected chi connectivity index (χ3v) is 0. The van der Waals surface area contributed by atoms with E-state index < -0.39 is 0 Å². The second-order valence-electron chi connectivity index (χ2n) is 0. The second-order valence-corrected chi connectivity index (χ2v) is 0. The predicted octanol–water partition coefficient (Wildman–Crippen LogP) is -2.67. The quantitative estimate of drug-likeness (QED) is 0.188. The SMILES string of the molecule is NN.NO.O. The van der Waals surface area contributed by atoms with Crippen molar-refractivity contribution in [2.75, 3.05) is 0 Å². The second kappa shape index (κ2) is 745. The zero-order valence-electron chi connectivity index (χ0n) is 2.68. The van der Waals surface area contributed by atoms with E-state index in [9.17, 15) is 0 Å². The Hall–Kier alpha value is -0.200. The lowest BCUT2D eigenvalue weighted by Crippen LogP contribution is -2.02. The first kappa shape index (κ1) is 21.4. The van der Waals surface area contributed by atoms with E-state index in [1.807, 2.05) is 0 Å². The standard InChI is InChI=1S/H4N2.H3NO.H2O/c2*1-2;/h1-2H2;2H,1H2;1H2. The smallest absolute Gasteiger partial charge is 0.219 e. The molecule has 0 heterocycles. The highest BCUT2D eigenvalue weighted by Crippen LogP contribution is 0.410. The first-order chi connectivity index (χ1) is 2.00. The van der Waals surface area contributed by atoms with Gasteiger partial charge in [-0.15, -0.1) is 0 Å². The molecule has 9 N–H and O–H groups in total. The lowest BCUT2D eigenvalue weighted by atomic mass is 13.0. The molecule has 0 aromatic rings. The molecule has 0 aliphatic heterocycles. The van der Waals surface area contributed by atoms with Crippen LogP contribution in [0.3, 0.4) is 0 Å². The van der Waals surface area contributed by atoms with Gasteiger partial charge in [-0.05, 0) is 0 Å². The Morgan fingerprint density at radius 3 is 1.00 bits per heavy atom. The van der Waals surface area contributed by atoms with Gasteiger partial charge in [0.15, 0.2) is 0 Å². The topological polar surface area (TPSA) is 130 Å². The summed E-state index contributed by atoms with van der Waals surface area (Å²) in [4.78, 5) is 0. The molecule has 0 rings (SSSR count). The van der Waals surface area contributed by atoms with Crippen molar-refractivity contribution in [3.63, 3.8) is 0 Å². The highest BCUT2D eigenvalue weighted by molar-refractivity contribution is 3.26. The number of rotatable bonds is 0. The Morgan fingerprint density at radius 2 is 1.00 bits per heavy atom. The van der Waals surface area contributed by atoms with Gasteiger partial charge in [0.05, 0.1) is 0 Å². The van der Waals surface area contributed by atoms with Gasteiger partial charge in [-0.3, -0.25) is 11.7 Å². The van der Waals surface area contributed by atoms with Gasteiger partial charge in [0.2, 0.25) is 0 Å². The van der Waals surface area contributed by atoms with E-state index in [1.54, 1.807) is 0 Å². The third kappa shape index (κ3) is 308. The Morgan fingerprint density at radius 1 is 1.00 bits per heavy atom. The van der Waals surface area contributed by atoms with Crippen molar-refractivity contribution in [1.29, 1.82) is 0 Å². The van der Waals surface area contributed by atoms with Crippen LogP contribution in [0.1, 0.15) is 0 Å². The molecule has 5 heavy (non-hydrogen) atoms. The van der Waals surface area contributed by atoms with Gasteiger partial charge in [-0.2, -0.15) is 0 Å². The summed E-state index contributed by atoms with van der Waals surface area (Å²) in [5.41, 5.74) is 0. The van der Waals surface area contributed by atoms with E-state index >= 15 is 0 Å². The molecule has 0 amide bonds. The molecule has 5 heteroatoms. The molecule has 0 saturated heterocycles. The van der Waals surface area contributed by atoms with Gasteiger partial charge in [-0.25, -0.2) is 5.90 Å². The van der Waals surface area contributed by atoms with Crippen molar-refractivity contribution < 1.29 is 10.7 Å². The van der Waals surface area contributed by atoms with Gasteiger partial charge in [-0.1, -0.05) is 0 Å². The average molecular weight is 83.1 g/mol. The fraction of sp³-hybridized carbons (Fsp3) is 0. The molecule has 5 nitrogen and oxygen atoms in total. The van der Waals surface area contributed by atoms with Crippen LogP contribution in [-0.4, -0.2) is 10.7 Å².